The molecule has 1 unspecified atom stereocenters. The van der Waals surface area contributed by atoms with Crippen LogP contribution in [0.4, 0.5) is 9.52 Å². The lowest BCUT2D eigenvalue weighted by molar-refractivity contribution is 0.182. The zero-order valence-corrected chi connectivity index (χ0v) is 14.7. The number of aryl methyl sites for hydroxylation is 1. The van der Waals surface area contributed by atoms with Crippen LogP contribution in [0.3, 0.4) is 0 Å². The Labute approximate surface area is 148 Å². The highest BCUT2D eigenvalue weighted by molar-refractivity contribution is 7.19. The average Bonchev–Trinajstić information content (AvgIpc) is 3.34. The maximum atomic E-state index is 13.3. The number of hydrogen-bond donors (Lipinski definition) is 1. The van der Waals surface area contributed by atoms with E-state index in [2.05, 4.69) is 20.4 Å². The first kappa shape index (κ1) is 16.2. The number of rotatable bonds is 4. The molecule has 4 rings (SSSR count). The summed E-state index contributed by atoms with van der Waals surface area (Å²) in [6.07, 6.45) is 0.723. The van der Waals surface area contributed by atoms with Crippen LogP contribution in [0.5, 0.6) is 0 Å². The summed E-state index contributed by atoms with van der Waals surface area (Å²) in [5.74, 6) is 0.733. The number of anilines is 1. The quantitative estimate of drug-likeness (QED) is 0.769. The predicted octanol–water partition coefficient (Wildman–Crippen LogP) is 3.39. The molecule has 2 aromatic heterocycles. The molecule has 1 N–H and O–H groups in total. The maximum Gasteiger partial charge on any atom is 0.270 e. The van der Waals surface area contributed by atoms with Crippen molar-refractivity contribution in [3.8, 4) is 10.8 Å². The Morgan fingerprint density at radius 1 is 1.24 bits per heavy atom. The van der Waals surface area contributed by atoms with Crippen LogP contribution in [0.2, 0.25) is 0 Å². The number of ether oxygens (including phenoxy) is 1. The summed E-state index contributed by atoms with van der Waals surface area (Å²) in [5, 5.41) is 8.04. The molecule has 1 aliphatic rings. The molecule has 0 bridgehead atoms. The second-order valence-electron chi connectivity index (χ2n) is 6.00. The van der Waals surface area contributed by atoms with Gasteiger partial charge in [-0.05, 0) is 31.0 Å². The van der Waals surface area contributed by atoms with Crippen molar-refractivity contribution < 1.29 is 13.7 Å². The Balaban J connectivity index is 1.76. The van der Waals surface area contributed by atoms with Gasteiger partial charge in [-0.1, -0.05) is 28.6 Å². The highest BCUT2D eigenvalue weighted by Gasteiger charge is 2.43. The van der Waals surface area contributed by atoms with Crippen molar-refractivity contribution in [1.82, 2.24) is 15.1 Å². The fourth-order valence-electron chi connectivity index (χ4n) is 3.08. The Bertz CT molecular complexity index is 884. The zero-order chi connectivity index (χ0) is 17.4. The van der Waals surface area contributed by atoms with Crippen LogP contribution in [-0.2, 0) is 10.2 Å². The van der Waals surface area contributed by atoms with E-state index in [4.69, 9.17) is 9.26 Å². The minimum Gasteiger partial charge on any atom is -0.380 e. The third-order valence-electron chi connectivity index (χ3n) is 4.48. The number of halogens is 1. The average molecular weight is 360 g/mol. The fourth-order valence-corrected chi connectivity index (χ4v) is 3.92. The molecule has 8 heteroatoms. The van der Waals surface area contributed by atoms with Gasteiger partial charge >= 0.3 is 0 Å². The van der Waals surface area contributed by atoms with E-state index >= 15 is 0 Å². The van der Waals surface area contributed by atoms with E-state index in [-0.39, 0.29) is 5.82 Å². The van der Waals surface area contributed by atoms with Crippen LogP contribution in [-0.4, -0.2) is 35.4 Å². The van der Waals surface area contributed by atoms with Crippen LogP contribution < -0.4 is 5.32 Å². The van der Waals surface area contributed by atoms with Gasteiger partial charge < -0.3 is 14.6 Å². The lowest BCUT2D eigenvalue weighted by atomic mass is 9.79. The normalized spacial score (nSPS) is 20.1. The summed E-state index contributed by atoms with van der Waals surface area (Å²) in [7, 11) is 1.82. The number of benzene rings is 1. The molecule has 130 valence electrons. The Morgan fingerprint density at radius 3 is 2.68 bits per heavy atom. The van der Waals surface area contributed by atoms with Crippen LogP contribution in [0.1, 0.15) is 23.5 Å². The summed E-state index contributed by atoms with van der Waals surface area (Å²) in [6.45, 7) is 2.96. The van der Waals surface area contributed by atoms with Gasteiger partial charge in [-0.3, -0.25) is 0 Å². The lowest BCUT2D eigenvalue weighted by Gasteiger charge is -2.23. The summed E-state index contributed by atoms with van der Waals surface area (Å²) in [6, 6.07) is 6.42. The van der Waals surface area contributed by atoms with Crippen molar-refractivity contribution in [3.05, 3.63) is 47.2 Å². The Morgan fingerprint density at radius 2 is 2.04 bits per heavy atom. The van der Waals surface area contributed by atoms with Gasteiger partial charge in [0, 0.05) is 13.7 Å². The number of thiazole rings is 1. The molecular formula is C17H17FN4O2S. The molecule has 25 heavy (non-hydrogen) atoms. The van der Waals surface area contributed by atoms with Crippen molar-refractivity contribution in [2.24, 2.45) is 0 Å². The molecule has 1 aliphatic heterocycles. The molecule has 1 fully saturated rings. The molecule has 1 saturated heterocycles. The summed E-state index contributed by atoms with van der Waals surface area (Å²) in [4.78, 5) is 9.89. The van der Waals surface area contributed by atoms with E-state index in [1.54, 1.807) is 12.1 Å². The van der Waals surface area contributed by atoms with Crippen molar-refractivity contribution in [1.29, 1.82) is 0 Å². The van der Waals surface area contributed by atoms with Gasteiger partial charge in [-0.15, -0.1) is 0 Å². The summed E-state index contributed by atoms with van der Waals surface area (Å²) < 4.78 is 24.5. The molecule has 0 spiro atoms. The number of nitrogens with one attached hydrogen (secondary N) is 1. The molecule has 0 amide bonds. The van der Waals surface area contributed by atoms with Gasteiger partial charge in [0.15, 0.2) is 11.0 Å². The first-order valence-electron chi connectivity index (χ1n) is 7.96. The highest BCUT2D eigenvalue weighted by Crippen LogP contribution is 2.40. The van der Waals surface area contributed by atoms with Crippen LogP contribution >= 0.6 is 11.3 Å². The van der Waals surface area contributed by atoms with E-state index in [0.29, 0.717) is 24.9 Å². The molecule has 6 nitrogen and oxygen atoms in total. The largest absolute Gasteiger partial charge is 0.380 e. The summed E-state index contributed by atoms with van der Waals surface area (Å²) >= 11 is 1.47. The van der Waals surface area contributed by atoms with E-state index in [0.717, 1.165) is 27.7 Å². The second-order valence-corrected chi connectivity index (χ2v) is 7.00. The van der Waals surface area contributed by atoms with E-state index < -0.39 is 5.41 Å². The van der Waals surface area contributed by atoms with E-state index in [1.807, 2.05) is 14.0 Å². The fraction of sp³-hybridized carbons (Fsp3) is 0.353. The van der Waals surface area contributed by atoms with Crippen molar-refractivity contribution in [2.75, 3.05) is 25.6 Å². The van der Waals surface area contributed by atoms with Gasteiger partial charge in [0.25, 0.3) is 5.89 Å². The van der Waals surface area contributed by atoms with E-state index in [1.165, 1.54) is 23.5 Å². The predicted molar refractivity (Wildman–Crippen MR) is 92.3 cm³/mol. The minimum absolute atomic E-state index is 0.272. The van der Waals surface area contributed by atoms with Gasteiger partial charge in [0.2, 0.25) is 0 Å². The number of aromatic nitrogens is 3. The summed E-state index contributed by atoms with van der Waals surface area (Å²) in [5.41, 5.74) is 1.25. The molecule has 3 heterocycles. The Hall–Kier alpha value is -2.32. The van der Waals surface area contributed by atoms with Gasteiger partial charge in [0.1, 0.15) is 10.7 Å². The molecule has 0 saturated carbocycles. The molecule has 0 aliphatic carbocycles. The maximum absolute atomic E-state index is 13.3. The van der Waals surface area contributed by atoms with Crippen LogP contribution in [0.15, 0.2) is 28.8 Å². The van der Waals surface area contributed by atoms with Crippen molar-refractivity contribution in [2.45, 2.75) is 18.8 Å². The highest BCUT2D eigenvalue weighted by atomic mass is 32.1. The van der Waals surface area contributed by atoms with E-state index in [9.17, 15) is 4.39 Å². The third-order valence-corrected chi connectivity index (χ3v) is 5.64. The van der Waals surface area contributed by atoms with Gasteiger partial charge in [0.05, 0.1) is 17.7 Å². The standard InChI is InChI=1S/C17H17FN4O2S/c1-10-13(25-16(19-2)20-10)14-21-15(22-24-14)17(7-8-23-9-17)11-3-5-12(18)6-4-11/h3-6H,7-9H2,1-2H3,(H,19,20). The monoisotopic (exact) mass is 360 g/mol. The first-order valence-corrected chi connectivity index (χ1v) is 8.77. The van der Waals surface area contributed by atoms with Gasteiger partial charge in [-0.2, -0.15) is 4.98 Å². The molecule has 0 radical (unpaired) electrons. The smallest absolute Gasteiger partial charge is 0.270 e. The first-order chi connectivity index (χ1) is 12.1. The lowest BCUT2D eigenvalue weighted by Crippen LogP contribution is -2.29. The zero-order valence-electron chi connectivity index (χ0n) is 13.9. The van der Waals surface area contributed by atoms with Crippen LogP contribution in [0.25, 0.3) is 10.8 Å². The Kier molecular flexibility index (Phi) is 4.01. The second kappa shape index (κ2) is 6.20. The number of nitrogens with zero attached hydrogens (tertiary/aromatic N) is 3. The minimum atomic E-state index is -0.514. The molecule has 1 aromatic carbocycles. The third kappa shape index (κ3) is 2.71. The molecule has 3 aromatic rings. The topological polar surface area (TPSA) is 73.1 Å². The van der Waals surface area contributed by atoms with Crippen molar-refractivity contribution >= 4 is 16.5 Å². The van der Waals surface area contributed by atoms with Gasteiger partial charge in [-0.25, -0.2) is 9.37 Å². The SMILES string of the molecule is CNc1nc(C)c(-c2nc(C3(c4ccc(F)cc4)CCOC3)no2)s1. The number of hydrogen-bond acceptors (Lipinski definition) is 7. The van der Waals surface area contributed by atoms with Crippen molar-refractivity contribution in [3.63, 3.8) is 0 Å². The van der Waals surface area contributed by atoms with Crippen LogP contribution in [0, 0.1) is 12.7 Å². The molecular weight excluding hydrogens is 343 g/mol. The molecule has 1 atom stereocenters.